The van der Waals surface area contributed by atoms with E-state index in [1.54, 1.807) is 0 Å². The standard InChI is InChI=1S/C13H21N3O/c1-3-9-16(10-5-6-10)12-8-7-11(14)13(15-12)17-4-2/h7-8,10H,3-6,9,14H2,1-2H3. The molecule has 94 valence electrons. The lowest BCUT2D eigenvalue weighted by Crippen LogP contribution is -2.27. The summed E-state index contributed by atoms with van der Waals surface area (Å²) in [6.07, 6.45) is 3.68. The first-order chi connectivity index (χ1) is 8.26. The van der Waals surface area contributed by atoms with Gasteiger partial charge in [0.1, 0.15) is 5.82 Å². The second kappa shape index (κ2) is 5.25. The molecule has 2 rings (SSSR count). The van der Waals surface area contributed by atoms with Gasteiger partial charge in [-0.25, -0.2) is 0 Å². The Labute approximate surface area is 103 Å². The number of hydrogen-bond acceptors (Lipinski definition) is 4. The maximum absolute atomic E-state index is 5.84. The zero-order valence-electron chi connectivity index (χ0n) is 10.6. The van der Waals surface area contributed by atoms with Crippen molar-refractivity contribution in [1.29, 1.82) is 0 Å². The van der Waals surface area contributed by atoms with Gasteiger partial charge in [0, 0.05) is 12.6 Å². The van der Waals surface area contributed by atoms with Gasteiger partial charge in [-0.15, -0.1) is 0 Å². The number of nitrogen functional groups attached to an aromatic ring is 1. The van der Waals surface area contributed by atoms with E-state index >= 15 is 0 Å². The summed E-state index contributed by atoms with van der Waals surface area (Å²) in [5.41, 5.74) is 6.45. The third-order valence-corrected chi connectivity index (χ3v) is 2.90. The minimum absolute atomic E-state index is 0.562. The van der Waals surface area contributed by atoms with Crippen LogP contribution in [0.2, 0.25) is 0 Å². The van der Waals surface area contributed by atoms with Crippen molar-refractivity contribution in [2.45, 2.75) is 39.2 Å². The van der Waals surface area contributed by atoms with E-state index in [2.05, 4.69) is 16.8 Å². The van der Waals surface area contributed by atoms with Crippen LogP contribution in [-0.2, 0) is 0 Å². The fraction of sp³-hybridized carbons (Fsp3) is 0.615. The molecule has 0 aliphatic heterocycles. The quantitative estimate of drug-likeness (QED) is 0.822. The van der Waals surface area contributed by atoms with Crippen LogP contribution in [0.1, 0.15) is 33.1 Å². The zero-order chi connectivity index (χ0) is 12.3. The van der Waals surface area contributed by atoms with Gasteiger partial charge in [0.25, 0.3) is 0 Å². The minimum Gasteiger partial charge on any atom is -0.476 e. The van der Waals surface area contributed by atoms with Gasteiger partial charge < -0.3 is 15.4 Å². The molecule has 1 aliphatic carbocycles. The second-order valence-electron chi connectivity index (χ2n) is 4.42. The van der Waals surface area contributed by atoms with Gasteiger partial charge in [-0.3, -0.25) is 0 Å². The van der Waals surface area contributed by atoms with Crippen molar-refractivity contribution in [3.05, 3.63) is 12.1 Å². The highest BCUT2D eigenvalue weighted by atomic mass is 16.5. The minimum atomic E-state index is 0.562. The molecular weight excluding hydrogens is 214 g/mol. The summed E-state index contributed by atoms with van der Waals surface area (Å²) in [6, 6.07) is 4.55. The summed E-state index contributed by atoms with van der Waals surface area (Å²) >= 11 is 0. The van der Waals surface area contributed by atoms with Crippen LogP contribution in [0.5, 0.6) is 5.88 Å². The highest BCUT2D eigenvalue weighted by molar-refractivity contribution is 5.55. The highest BCUT2D eigenvalue weighted by Gasteiger charge is 2.29. The number of rotatable bonds is 6. The average molecular weight is 235 g/mol. The molecule has 1 aliphatic rings. The SMILES string of the molecule is CCCN(c1ccc(N)c(OCC)n1)C1CC1. The van der Waals surface area contributed by atoms with Gasteiger partial charge >= 0.3 is 0 Å². The van der Waals surface area contributed by atoms with Crippen LogP contribution in [-0.4, -0.2) is 24.2 Å². The molecule has 0 unspecified atom stereocenters. The maximum atomic E-state index is 5.84. The second-order valence-corrected chi connectivity index (χ2v) is 4.42. The van der Waals surface area contributed by atoms with E-state index in [0.717, 1.165) is 18.8 Å². The monoisotopic (exact) mass is 235 g/mol. The number of aromatic nitrogens is 1. The Kier molecular flexibility index (Phi) is 3.71. The normalized spacial score (nSPS) is 14.7. The lowest BCUT2D eigenvalue weighted by Gasteiger charge is -2.23. The van der Waals surface area contributed by atoms with Crippen molar-refractivity contribution in [1.82, 2.24) is 4.98 Å². The summed E-state index contributed by atoms with van der Waals surface area (Å²) in [6.45, 7) is 5.78. The van der Waals surface area contributed by atoms with E-state index in [0.29, 0.717) is 24.2 Å². The van der Waals surface area contributed by atoms with Crippen LogP contribution in [0, 0.1) is 0 Å². The molecule has 0 aromatic carbocycles. The Morgan fingerprint density at radius 1 is 1.41 bits per heavy atom. The highest BCUT2D eigenvalue weighted by Crippen LogP contribution is 2.32. The molecule has 0 spiro atoms. The summed E-state index contributed by atoms with van der Waals surface area (Å²) in [5.74, 6) is 1.55. The Balaban J connectivity index is 2.20. The summed E-state index contributed by atoms with van der Waals surface area (Å²) in [5, 5.41) is 0. The smallest absolute Gasteiger partial charge is 0.239 e. The van der Waals surface area contributed by atoms with Gasteiger partial charge in [-0.1, -0.05) is 6.92 Å². The summed E-state index contributed by atoms with van der Waals surface area (Å²) < 4.78 is 5.44. The number of hydrogen-bond donors (Lipinski definition) is 1. The Bertz CT molecular complexity index is 377. The van der Waals surface area contributed by atoms with Gasteiger partial charge in [-0.05, 0) is 38.3 Å². The molecule has 1 saturated carbocycles. The number of ether oxygens (including phenoxy) is 1. The Hall–Kier alpha value is -1.45. The number of pyridine rings is 1. The predicted molar refractivity (Wildman–Crippen MR) is 70.5 cm³/mol. The van der Waals surface area contributed by atoms with Gasteiger partial charge in [0.15, 0.2) is 0 Å². The third-order valence-electron chi connectivity index (χ3n) is 2.90. The van der Waals surface area contributed by atoms with Crippen molar-refractivity contribution < 1.29 is 4.74 Å². The molecule has 0 atom stereocenters. The van der Waals surface area contributed by atoms with Crippen molar-refractivity contribution in [3.8, 4) is 5.88 Å². The summed E-state index contributed by atoms with van der Waals surface area (Å²) in [7, 11) is 0. The molecular formula is C13H21N3O. The molecule has 0 saturated heterocycles. The maximum Gasteiger partial charge on any atom is 0.239 e. The van der Waals surface area contributed by atoms with E-state index in [1.165, 1.54) is 12.8 Å². The molecule has 1 fully saturated rings. The molecule has 1 aromatic rings. The number of nitrogens with two attached hydrogens (primary N) is 1. The van der Waals surface area contributed by atoms with Crippen molar-refractivity contribution in [2.75, 3.05) is 23.8 Å². The Morgan fingerprint density at radius 3 is 2.76 bits per heavy atom. The molecule has 4 nitrogen and oxygen atoms in total. The van der Waals surface area contributed by atoms with Gasteiger partial charge in [-0.2, -0.15) is 4.98 Å². The lowest BCUT2D eigenvalue weighted by molar-refractivity contribution is 0.329. The zero-order valence-corrected chi connectivity index (χ0v) is 10.6. The number of anilines is 2. The van der Waals surface area contributed by atoms with Gasteiger partial charge in [0.05, 0.1) is 12.3 Å². The van der Waals surface area contributed by atoms with Crippen LogP contribution >= 0.6 is 0 Å². The van der Waals surface area contributed by atoms with Crippen LogP contribution in [0.4, 0.5) is 11.5 Å². The molecule has 0 bridgehead atoms. The molecule has 4 heteroatoms. The first-order valence-electron chi connectivity index (χ1n) is 6.42. The van der Waals surface area contributed by atoms with Crippen LogP contribution in [0.25, 0.3) is 0 Å². The van der Waals surface area contributed by atoms with E-state index in [1.807, 2.05) is 19.1 Å². The molecule has 1 aromatic heterocycles. The largest absolute Gasteiger partial charge is 0.476 e. The fourth-order valence-corrected chi connectivity index (χ4v) is 1.97. The van der Waals surface area contributed by atoms with Crippen LogP contribution in [0.3, 0.4) is 0 Å². The first kappa shape index (κ1) is 12.0. The topological polar surface area (TPSA) is 51.4 Å². The van der Waals surface area contributed by atoms with E-state index in [4.69, 9.17) is 10.5 Å². The van der Waals surface area contributed by atoms with E-state index in [9.17, 15) is 0 Å². The molecule has 0 amide bonds. The van der Waals surface area contributed by atoms with Crippen LogP contribution in [0.15, 0.2) is 12.1 Å². The lowest BCUT2D eigenvalue weighted by atomic mass is 10.3. The molecule has 1 heterocycles. The average Bonchev–Trinajstić information content (AvgIpc) is 3.14. The van der Waals surface area contributed by atoms with E-state index < -0.39 is 0 Å². The fourth-order valence-electron chi connectivity index (χ4n) is 1.97. The van der Waals surface area contributed by atoms with E-state index in [-0.39, 0.29) is 0 Å². The molecule has 17 heavy (non-hydrogen) atoms. The van der Waals surface area contributed by atoms with Crippen molar-refractivity contribution >= 4 is 11.5 Å². The third kappa shape index (κ3) is 2.81. The molecule has 0 radical (unpaired) electrons. The number of nitrogens with zero attached hydrogens (tertiary/aromatic N) is 2. The predicted octanol–water partition coefficient (Wildman–Crippen LogP) is 2.44. The summed E-state index contributed by atoms with van der Waals surface area (Å²) in [4.78, 5) is 6.88. The Morgan fingerprint density at radius 2 is 2.18 bits per heavy atom. The van der Waals surface area contributed by atoms with Crippen molar-refractivity contribution in [3.63, 3.8) is 0 Å². The van der Waals surface area contributed by atoms with Crippen LogP contribution < -0.4 is 15.4 Å². The molecule has 2 N–H and O–H groups in total. The first-order valence-corrected chi connectivity index (χ1v) is 6.42. The van der Waals surface area contributed by atoms with Gasteiger partial charge in [0.2, 0.25) is 5.88 Å². The van der Waals surface area contributed by atoms with Crippen molar-refractivity contribution in [2.24, 2.45) is 0 Å².